The summed E-state index contributed by atoms with van der Waals surface area (Å²) >= 11 is 4.52. The minimum Gasteiger partial charge on any atom is -0.505 e. The van der Waals surface area contributed by atoms with Crippen LogP contribution in [0.5, 0.6) is 5.75 Å². The lowest BCUT2D eigenvalue weighted by molar-refractivity contribution is 0.112. The molecule has 204 valence electrons. The molecule has 1 heterocycles. The zero-order valence-corrected chi connectivity index (χ0v) is 22.9. The molecule has 5 aromatic rings. The number of anilines is 2. The Hall–Kier alpha value is -4.80. The maximum absolute atomic E-state index is 11.8. The van der Waals surface area contributed by atoms with Crippen molar-refractivity contribution >= 4 is 74.6 Å². The van der Waals surface area contributed by atoms with Crippen molar-refractivity contribution in [2.24, 2.45) is 20.5 Å². The number of nitrogen functional groups attached to an aromatic ring is 1. The van der Waals surface area contributed by atoms with Gasteiger partial charge in [0.25, 0.3) is 0 Å². The van der Waals surface area contributed by atoms with Gasteiger partial charge in [-0.2, -0.15) is 5.11 Å². The number of phenolic OH excluding ortho intramolecular Hbond substituents is 1. The summed E-state index contributed by atoms with van der Waals surface area (Å²) < 4.78 is 0. The van der Waals surface area contributed by atoms with Crippen molar-refractivity contribution in [3.05, 3.63) is 84.4 Å². The molecule has 0 aromatic heterocycles. The second-order valence-corrected chi connectivity index (χ2v) is 10.2. The van der Waals surface area contributed by atoms with E-state index in [1.807, 2.05) is 54.6 Å². The van der Waals surface area contributed by atoms with Gasteiger partial charge in [0.2, 0.25) is 0 Å². The van der Waals surface area contributed by atoms with Gasteiger partial charge < -0.3 is 21.1 Å². The fraction of sp³-hybridized carbons (Fsp3) is 0.129. The summed E-state index contributed by atoms with van der Waals surface area (Å²) in [5, 5.41) is 35.0. The van der Waals surface area contributed by atoms with Crippen molar-refractivity contribution in [1.29, 1.82) is 0 Å². The van der Waals surface area contributed by atoms with E-state index in [0.717, 1.165) is 54.3 Å². The van der Waals surface area contributed by atoms with Gasteiger partial charge in [0.15, 0.2) is 12.0 Å². The van der Waals surface area contributed by atoms with Crippen LogP contribution in [0.15, 0.2) is 104 Å². The first-order valence-corrected chi connectivity index (χ1v) is 13.6. The first-order chi connectivity index (χ1) is 20.0. The molecule has 0 aliphatic carbocycles. The van der Waals surface area contributed by atoms with E-state index in [0.29, 0.717) is 38.6 Å². The van der Waals surface area contributed by atoms with E-state index in [2.05, 4.69) is 43.3 Å². The van der Waals surface area contributed by atoms with Crippen LogP contribution >= 0.6 is 12.6 Å². The number of fused-ring (bicyclic) bond motifs is 2. The van der Waals surface area contributed by atoms with Crippen LogP contribution in [-0.2, 0) is 0 Å². The number of carbonyl (C=O) groups is 1. The molecule has 1 fully saturated rings. The molecule has 0 saturated carbocycles. The maximum Gasteiger partial charge on any atom is 0.152 e. The minimum atomic E-state index is -0.0315. The highest BCUT2D eigenvalue weighted by molar-refractivity contribution is 7.80. The number of thiol groups is 1. The molecular weight excluding hydrogens is 534 g/mol. The lowest BCUT2D eigenvalue weighted by Gasteiger charge is -2.30. The molecule has 10 heteroatoms. The third-order valence-electron chi connectivity index (χ3n) is 7.10. The number of hydrogen-bond donors (Lipinski definition) is 4. The van der Waals surface area contributed by atoms with E-state index in [1.165, 1.54) is 0 Å². The van der Waals surface area contributed by atoms with Gasteiger partial charge >= 0.3 is 0 Å². The number of aromatic hydroxyl groups is 1. The van der Waals surface area contributed by atoms with Crippen LogP contribution in [0.1, 0.15) is 10.4 Å². The van der Waals surface area contributed by atoms with Gasteiger partial charge in [0.05, 0.1) is 17.1 Å². The van der Waals surface area contributed by atoms with E-state index in [-0.39, 0.29) is 11.4 Å². The van der Waals surface area contributed by atoms with Crippen LogP contribution in [0, 0.1) is 0 Å². The van der Waals surface area contributed by atoms with Crippen LogP contribution in [0.4, 0.5) is 34.1 Å². The van der Waals surface area contributed by atoms with E-state index in [9.17, 15) is 9.90 Å². The van der Waals surface area contributed by atoms with E-state index >= 15 is 0 Å². The Bertz CT molecular complexity index is 1850. The van der Waals surface area contributed by atoms with Crippen LogP contribution in [0.3, 0.4) is 0 Å². The molecule has 1 aliphatic heterocycles. The largest absolute Gasteiger partial charge is 0.505 e. The Labute approximate surface area is 241 Å². The summed E-state index contributed by atoms with van der Waals surface area (Å²) in [6.07, 6.45) is 0.865. The van der Waals surface area contributed by atoms with Crippen molar-refractivity contribution in [2.75, 3.05) is 36.8 Å². The fourth-order valence-corrected chi connectivity index (χ4v) is 5.31. The number of azo groups is 2. The first kappa shape index (κ1) is 26.4. The SMILES string of the molecule is Nc1ccc2cc(S)c(N=Nc3ccc(N=Nc4ccc(N5CCNCC5)c(C=O)c4)c4ccccc34)c(O)c2c1. The summed E-state index contributed by atoms with van der Waals surface area (Å²) in [5.41, 5.74) is 10.1. The van der Waals surface area contributed by atoms with Crippen molar-refractivity contribution in [1.82, 2.24) is 5.32 Å². The Morgan fingerprint density at radius 3 is 2.24 bits per heavy atom. The highest BCUT2D eigenvalue weighted by Crippen LogP contribution is 2.42. The summed E-state index contributed by atoms with van der Waals surface area (Å²) in [4.78, 5) is 14.5. The molecule has 0 unspecified atom stereocenters. The van der Waals surface area contributed by atoms with Crippen LogP contribution in [0.25, 0.3) is 21.5 Å². The predicted molar refractivity (Wildman–Crippen MR) is 166 cm³/mol. The summed E-state index contributed by atoms with van der Waals surface area (Å²) in [7, 11) is 0. The van der Waals surface area contributed by atoms with Gasteiger partial charge in [-0.1, -0.05) is 30.3 Å². The standard InChI is InChI=1S/C31H27N7O2S/c32-21-6-5-19-16-29(41)30(31(40)25(19)17-21)37-36-27-9-8-26(23-3-1-2-4-24(23)27)35-34-22-7-10-28(20(15-22)18-39)38-13-11-33-12-14-38/h1-10,15-18,33,40-41H,11-14,32H2. The number of benzene rings is 5. The quantitative estimate of drug-likeness (QED) is 0.0734. The number of nitrogens with zero attached hydrogens (tertiary/aromatic N) is 5. The molecule has 5 aromatic carbocycles. The Balaban J connectivity index is 1.32. The molecule has 0 bridgehead atoms. The van der Waals surface area contributed by atoms with Gasteiger partial charge in [-0.05, 0) is 53.9 Å². The number of piperazine rings is 1. The van der Waals surface area contributed by atoms with E-state index in [4.69, 9.17) is 5.73 Å². The molecule has 1 aliphatic rings. The first-order valence-electron chi connectivity index (χ1n) is 13.2. The average molecular weight is 562 g/mol. The predicted octanol–water partition coefficient (Wildman–Crippen LogP) is 7.62. The smallest absolute Gasteiger partial charge is 0.152 e. The number of nitrogens with one attached hydrogen (secondary N) is 1. The molecule has 4 N–H and O–H groups in total. The molecule has 0 spiro atoms. The molecule has 41 heavy (non-hydrogen) atoms. The second kappa shape index (κ2) is 11.4. The number of carbonyl (C=O) groups excluding carboxylic acids is 1. The van der Waals surface area contributed by atoms with E-state index in [1.54, 1.807) is 24.3 Å². The molecule has 0 atom stereocenters. The molecular formula is C31H27N7O2S. The van der Waals surface area contributed by atoms with Crippen molar-refractivity contribution in [3.63, 3.8) is 0 Å². The van der Waals surface area contributed by atoms with Crippen molar-refractivity contribution < 1.29 is 9.90 Å². The van der Waals surface area contributed by atoms with Crippen LogP contribution in [0.2, 0.25) is 0 Å². The Morgan fingerprint density at radius 2 is 1.54 bits per heavy atom. The number of aldehydes is 1. The highest BCUT2D eigenvalue weighted by atomic mass is 32.1. The minimum absolute atomic E-state index is 0.0315. The Kier molecular flexibility index (Phi) is 7.32. The maximum atomic E-state index is 11.8. The third-order valence-corrected chi connectivity index (χ3v) is 7.44. The van der Waals surface area contributed by atoms with Gasteiger partial charge in [-0.25, -0.2) is 0 Å². The van der Waals surface area contributed by atoms with Gasteiger partial charge in [-0.15, -0.1) is 28.0 Å². The van der Waals surface area contributed by atoms with Gasteiger partial charge in [-0.3, -0.25) is 4.79 Å². The number of nitrogens with two attached hydrogens (primary N) is 1. The average Bonchev–Trinajstić information content (AvgIpc) is 3.01. The lowest BCUT2D eigenvalue weighted by Crippen LogP contribution is -2.43. The number of hydrogen-bond acceptors (Lipinski definition) is 10. The second-order valence-electron chi connectivity index (χ2n) is 9.72. The molecule has 0 amide bonds. The lowest BCUT2D eigenvalue weighted by atomic mass is 10.1. The fourth-order valence-electron chi connectivity index (χ4n) is 5.02. The van der Waals surface area contributed by atoms with Crippen molar-refractivity contribution in [3.8, 4) is 5.75 Å². The van der Waals surface area contributed by atoms with Crippen LogP contribution < -0.4 is 16.0 Å². The van der Waals surface area contributed by atoms with Crippen molar-refractivity contribution in [2.45, 2.75) is 4.90 Å². The molecule has 6 rings (SSSR count). The number of phenols is 1. The molecule has 1 saturated heterocycles. The summed E-state index contributed by atoms with van der Waals surface area (Å²) in [6, 6.07) is 24.0. The topological polar surface area (TPSA) is 128 Å². The Morgan fingerprint density at radius 1 is 0.829 bits per heavy atom. The van der Waals surface area contributed by atoms with Gasteiger partial charge in [0.1, 0.15) is 5.69 Å². The summed E-state index contributed by atoms with van der Waals surface area (Å²) in [6.45, 7) is 3.47. The number of rotatable bonds is 6. The van der Waals surface area contributed by atoms with Gasteiger partial charge in [0, 0.05) is 64.2 Å². The molecule has 9 nitrogen and oxygen atoms in total. The van der Waals surface area contributed by atoms with Crippen LogP contribution in [-0.4, -0.2) is 37.6 Å². The van der Waals surface area contributed by atoms with E-state index < -0.39 is 0 Å². The molecule has 0 radical (unpaired) electrons. The zero-order chi connectivity index (χ0) is 28.3. The normalized spacial score (nSPS) is 14.0. The highest BCUT2D eigenvalue weighted by Gasteiger charge is 2.15. The monoisotopic (exact) mass is 561 g/mol. The third kappa shape index (κ3) is 5.34. The zero-order valence-electron chi connectivity index (χ0n) is 22.0. The summed E-state index contributed by atoms with van der Waals surface area (Å²) in [5.74, 6) is -0.0315.